The number of amides is 2. The van der Waals surface area contributed by atoms with E-state index < -0.39 is 31.5 Å². The first-order valence-electron chi connectivity index (χ1n) is 34.8. The Bertz CT molecular complexity index is 3240. The number of ether oxygens (including phenoxy) is 3. The van der Waals surface area contributed by atoms with Crippen molar-refractivity contribution in [2.24, 2.45) is 28.7 Å². The lowest BCUT2D eigenvalue weighted by molar-refractivity contribution is -0.122. The molecule has 0 radical (unpaired) electrons. The van der Waals surface area contributed by atoms with Gasteiger partial charge < -0.3 is 43.8 Å². The van der Waals surface area contributed by atoms with Crippen LogP contribution in [0.5, 0.6) is 0 Å². The maximum atomic E-state index is 11.3. The molecular weight excluding hydrogens is 1310 g/mol. The standard InChI is InChI=1S/C13H21NO3S.C12H20O4S.C11H17N3O2.C11H17N3O.C11H19NO.C11H20O2.2C4H10/c1-13(2,3)12-5-4-11(17-12)10-14-6-8-18(15,16)9-7-14;1-12(2,3)11-6-5-10(16-11)9-15-7-8-17(4,13)14;1-11(2,7-9(8-12)10(13)15)14-3-5-16-6-4-14;1-11(2,14(3)9-4-5-9)6-8(7-12)10(13)15;1-11(2,3)10-7-6-9(13-10)8-12(4)5;1-11(2,3)8-6-5-7-10(12)9-13-4;2*1-4(2)3/h4-5H,6-10H2,1-3H3;5-6H,7-9H2,1-4H3;7H,3-6H2,1-2H3,(H2,13,15);6,9H,4-5H2,1-3H3,(H2,13,15);6-7H,8H2,1-5H3;6,8H,5,7,9H2,1-4H3;2*4H,1-3H3/b;;9-7+;8-6+;;8-6+;;. The molecule has 23 heteroatoms. The Kier molecular flexibility index (Phi) is 43.7. The van der Waals surface area contributed by atoms with E-state index in [9.17, 15) is 31.2 Å². The molecule has 4 N–H and O–H groups in total. The number of likely N-dealkylation sites (N-methyl/N-ethyl adjacent to an activating group) is 1. The van der Waals surface area contributed by atoms with Crippen LogP contribution < -0.4 is 11.5 Å². The second kappa shape index (κ2) is 45.4. The van der Waals surface area contributed by atoms with Gasteiger partial charge in [-0.25, -0.2) is 16.8 Å². The Labute approximate surface area is 605 Å². The largest absolute Gasteiger partial charge is 0.464 e. The zero-order valence-electron chi connectivity index (χ0n) is 66.7. The number of nitrogens with zero attached hydrogens (tertiary/aromatic N) is 6. The molecule has 1 aliphatic carbocycles. The van der Waals surface area contributed by atoms with Gasteiger partial charge in [-0.3, -0.25) is 29.1 Å². The first-order chi connectivity index (χ1) is 45.6. The fraction of sp³-hybridized carbons (Fsp3) is 0.701. The average molecular weight is 1440 g/mol. The molecule has 1 saturated carbocycles. The second-order valence-corrected chi connectivity index (χ2v) is 37.0. The molecule has 3 aromatic rings. The molecule has 0 spiro atoms. The average Bonchev–Trinajstić information content (AvgIpc) is 1.58. The molecule has 2 saturated heterocycles. The summed E-state index contributed by atoms with van der Waals surface area (Å²) in [5, 5.41) is 17.6. The molecule has 2 aliphatic heterocycles. The normalized spacial score (nSPS) is 15.7. The summed E-state index contributed by atoms with van der Waals surface area (Å²) < 4.78 is 76.8. The molecule has 0 atom stereocenters. The van der Waals surface area contributed by atoms with Crippen LogP contribution in [0.4, 0.5) is 0 Å². The van der Waals surface area contributed by atoms with Crippen LogP contribution in [-0.2, 0) is 84.2 Å². The van der Waals surface area contributed by atoms with Gasteiger partial charge in [-0.1, -0.05) is 137 Å². The van der Waals surface area contributed by atoms with Gasteiger partial charge in [0.2, 0.25) is 0 Å². The highest BCUT2D eigenvalue weighted by Gasteiger charge is 2.35. The molecule has 2 amide bonds. The number of nitriles is 2. The summed E-state index contributed by atoms with van der Waals surface area (Å²) in [4.78, 5) is 41.5. The van der Waals surface area contributed by atoms with Crippen LogP contribution >= 0.6 is 0 Å². The minimum absolute atomic E-state index is 0.0106. The van der Waals surface area contributed by atoms with E-state index in [-0.39, 0.29) is 80.1 Å². The summed E-state index contributed by atoms with van der Waals surface area (Å²) >= 11 is 0. The number of hydrogen-bond donors (Lipinski definition) is 2. The summed E-state index contributed by atoms with van der Waals surface area (Å²) in [5.74, 6) is 6.68. The number of carbonyl (C=O) groups excluding carboxylic acids is 3. The predicted octanol–water partition coefficient (Wildman–Crippen LogP) is 13.3. The molecule has 21 nitrogen and oxygen atoms in total. The van der Waals surface area contributed by atoms with Crippen molar-refractivity contribution < 1.29 is 58.7 Å². The highest BCUT2D eigenvalue weighted by atomic mass is 32.2. The maximum absolute atomic E-state index is 11.3. The quantitative estimate of drug-likeness (QED) is 0.0433. The van der Waals surface area contributed by atoms with E-state index in [0.29, 0.717) is 51.9 Å². The van der Waals surface area contributed by atoms with Gasteiger partial charge in [0.1, 0.15) is 80.9 Å². The number of nitrogens with two attached hydrogens (primary N) is 2. The SMILES string of the molecule is CC(C)(/C=C(\C#N)C(N)=O)N1CCOCC1.CC(C)(C)c1ccc(CN2CCS(=O)(=O)CC2)o1.CC(C)(C)c1ccc(COCCS(C)(=O)=O)o1.CC(C)C.CC(C)C.CN(C)Cc1ccc(C(C)(C)C)o1.CN(C1CC1)C(C)(C)/C=C(\C#N)C(N)=O.COCC(=O)CC/C=C/C(C)(C)C. The van der Waals surface area contributed by atoms with E-state index >= 15 is 0 Å². The van der Waals surface area contributed by atoms with Crippen molar-refractivity contribution >= 4 is 37.3 Å². The van der Waals surface area contributed by atoms with E-state index in [2.05, 4.69) is 169 Å². The van der Waals surface area contributed by atoms with Gasteiger partial charge >= 0.3 is 0 Å². The monoisotopic (exact) mass is 1440 g/mol. The minimum Gasteiger partial charge on any atom is -0.464 e. The summed E-state index contributed by atoms with van der Waals surface area (Å²) in [6.45, 7) is 52.8. The van der Waals surface area contributed by atoms with Gasteiger partial charge in [0.05, 0.1) is 50.2 Å². The van der Waals surface area contributed by atoms with Crippen molar-refractivity contribution in [3.63, 3.8) is 0 Å². The molecule has 0 bridgehead atoms. The number of Topliss-reactive ketones (excluding diaryl/α,β-unsaturated/α-hetero) is 1. The number of allylic oxidation sites excluding steroid dienone is 2. The third-order valence-electron chi connectivity index (χ3n) is 14.4. The molecule has 572 valence electrons. The highest BCUT2D eigenvalue weighted by Crippen LogP contribution is 2.33. The van der Waals surface area contributed by atoms with E-state index in [0.717, 1.165) is 72.5 Å². The third-order valence-corrected chi connectivity index (χ3v) is 17.0. The molecule has 6 rings (SSSR count). The van der Waals surface area contributed by atoms with Crippen LogP contribution in [0.1, 0.15) is 213 Å². The van der Waals surface area contributed by atoms with Crippen LogP contribution in [0.15, 0.2) is 85.1 Å². The van der Waals surface area contributed by atoms with Crippen molar-refractivity contribution in [1.82, 2.24) is 19.6 Å². The lowest BCUT2D eigenvalue weighted by atomic mass is 9.94. The van der Waals surface area contributed by atoms with Crippen molar-refractivity contribution in [2.45, 2.75) is 231 Å². The van der Waals surface area contributed by atoms with Crippen LogP contribution in [0.2, 0.25) is 0 Å². The Hall–Kier alpha value is -5.73. The Balaban J connectivity index is 0. The molecule has 100 heavy (non-hydrogen) atoms. The number of furan rings is 3. The molecule has 5 heterocycles. The van der Waals surface area contributed by atoms with Crippen molar-refractivity contribution in [3.05, 3.63) is 106 Å². The first kappa shape index (κ1) is 96.3. The van der Waals surface area contributed by atoms with E-state index in [1.807, 2.05) is 85.2 Å². The molecule has 0 aromatic carbocycles. The Morgan fingerprint density at radius 3 is 1.48 bits per heavy atom. The molecule has 3 aliphatic rings. The van der Waals surface area contributed by atoms with Gasteiger partial charge in [-0.2, -0.15) is 10.5 Å². The molecule has 3 aromatic heterocycles. The van der Waals surface area contributed by atoms with E-state index in [1.165, 1.54) is 19.1 Å². The topological polar surface area (TPSA) is 299 Å². The van der Waals surface area contributed by atoms with Crippen LogP contribution in [0.3, 0.4) is 0 Å². The number of primary amides is 2. The van der Waals surface area contributed by atoms with E-state index in [1.54, 1.807) is 19.3 Å². The number of rotatable bonds is 21. The van der Waals surface area contributed by atoms with Crippen molar-refractivity contribution in [1.29, 1.82) is 10.5 Å². The number of hydrogen-bond acceptors (Lipinski definition) is 19. The van der Waals surface area contributed by atoms with Crippen LogP contribution in [0.25, 0.3) is 0 Å². The summed E-state index contributed by atoms with van der Waals surface area (Å²) in [6.07, 6.45) is 12.4. The van der Waals surface area contributed by atoms with Gasteiger partial charge in [0.15, 0.2) is 15.6 Å². The van der Waals surface area contributed by atoms with Crippen molar-refractivity contribution in [3.8, 4) is 12.1 Å². The van der Waals surface area contributed by atoms with Crippen LogP contribution in [-0.4, -0.2) is 176 Å². The number of methoxy groups -OCH3 is 1. The maximum Gasteiger partial charge on any atom is 0.259 e. The molecule has 3 fully saturated rings. The first-order valence-corrected chi connectivity index (χ1v) is 38.7. The molecule has 0 unspecified atom stereocenters. The van der Waals surface area contributed by atoms with Gasteiger partial charge in [-0.05, 0) is 134 Å². The van der Waals surface area contributed by atoms with Crippen LogP contribution in [0, 0.1) is 39.9 Å². The molecular formula is C77H134N8O13S2. The zero-order chi connectivity index (χ0) is 77.8. The summed E-state index contributed by atoms with van der Waals surface area (Å²) in [7, 11) is 1.88. The van der Waals surface area contributed by atoms with Crippen molar-refractivity contribution in [2.75, 3.05) is 104 Å². The summed E-state index contributed by atoms with van der Waals surface area (Å²) in [6, 6.07) is 16.1. The smallest absolute Gasteiger partial charge is 0.259 e. The Morgan fingerprint density at radius 1 is 0.680 bits per heavy atom. The van der Waals surface area contributed by atoms with E-state index in [4.69, 9.17) is 49.5 Å². The summed E-state index contributed by atoms with van der Waals surface area (Å²) in [5.41, 5.74) is 9.92. The Morgan fingerprint density at radius 2 is 1.10 bits per heavy atom. The fourth-order valence-electron chi connectivity index (χ4n) is 8.62. The van der Waals surface area contributed by atoms with Gasteiger partial charge in [0, 0.05) is 79.3 Å². The number of carbonyl (C=O) groups is 3. The number of sulfone groups is 2. The second-order valence-electron chi connectivity index (χ2n) is 32.5. The van der Waals surface area contributed by atoms with Gasteiger partial charge in [-0.15, -0.1) is 0 Å². The van der Waals surface area contributed by atoms with Gasteiger partial charge in [0.25, 0.3) is 11.8 Å². The fourth-order valence-corrected chi connectivity index (χ4v) is 10.3. The minimum atomic E-state index is -2.95. The lowest BCUT2D eigenvalue weighted by Gasteiger charge is -2.38. The highest BCUT2D eigenvalue weighted by molar-refractivity contribution is 7.91. The number of morpholine rings is 1. The number of ketones is 1. The third kappa shape index (κ3) is 47.5. The zero-order valence-corrected chi connectivity index (χ0v) is 68.3. The lowest BCUT2D eigenvalue weighted by Crippen LogP contribution is -2.49. The predicted molar refractivity (Wildman–Crippen MR) is 406 cm³/mol.